The van der Waals surface area contributed by atoms with Gasteiger partial charge in [0.15, 0.2) is 0 Å². The molecule has 1 aliphatic heterocycles. The molecule has 56 valence electrons. The minimum absolute atomic E-state index is 0.224. The Morgan fingerprint density at radius 1 is 1.27 bits per heavy atom. The lowest BCUT2D eigenvalue weighted by molar-refractivity contribution is -0.135. The van der Waals surface area contributed by atoms with Crippen LogP contribution in [-0.2, 0) is 11.2 Å². The van der Waals surface area contributed by atoms with Crippen molar-refractivity contribution in [2.75, 3.05) is 0 Å². The van der Waals surface area contributed by atoms with Crippen molar-refractivity contribution < 1.29 is 9.53 Å². The monoisotopic (exact) mass is 150 g/mol. The molecule has 4 heteroatoms. The van der Waals surface area contributed by atoms with Crippen molar-refractivity contribution in [3.8, 4) is 5.88 Å². The lowest BCUT2D eigenvalue weighted by atomic mass is 10.2. The first-order valence-corrected chi connectivity index (χ1v) is 3.37. The van der Waals surface area contributed by atoms with E-state index in [4.69, 9.17) is 4.74 Å². The van der Waals surface area contributed by atoms with E-state index in [9.17, 15) is 4.79 Å². The normalized spacial score (nSPS) is 15.5. The van der Waals surface area contributed by atoms with E-state index in [-0.39, 0.29) is 5.97 Å². The van der Waals surface area contributed by atoms with E-state index in [1.807, 2.05) is 0 Å². The van der Waals surface area contributed by atoms with Crippen LogP contribution in [-0.4, -0.2) is 15.9 Å². The summed E-state index contributed by atoms with van der Waals surface area (Å²) in [4.78, 5) is 18.6. The molecule has 2 rings (SSSR count). The van der Waals surface area contributed by atoms with E-state index in [0.717, 1.165) is 5.69 Å². The Bertz CT molecular complexity index is 298. The molecule has 0 spiro atoms. The maximum Gasteiger partial charge on any atom is 0.312 e. The fourth-order valence-electron chi connectivity index (χ4n) is 0.990. The molecule has 0 radical (unpaired) electrons. The molecule has 0 amide bonds. The Balaban J connectivity index is 2.41. The largest absolute Gasteiger partial charge is 0.405 e. The fraction of sp³-hybridized carbons (Fsp3) is 0.286. The van der Waals surface area contributed by atoms with E-state index in [2.05, 4.69) is 9.97 Å². The molecule has 0 N–H and O–H groups in total. The maximum absolute atomic E-state index is 10.7. The first-order valence-electron chi connectivity index (χ1n) is 3.37. The second kappa shape index (κ2) is 2.30. The summed E-state index contributed by atoms with van der Waals surface area (Å²) in [6.45, 7) is 0. The molecular weight excluding hydrogens is 144 g/mol. The molecule has 2 heterocycles. The molecule has 0 bridgehead atoms. The van der Waals surface area contributed by atoms with Crippen LogP contribution in [0.2, 0.25) is 0 Å². The number of aromatic nitrogens is 2. The van der Waals surface area contributed by atoms with Gasteiger partial charge in [-0.05, 0) is 0 Å². The molecule has 1 aromatic rings. The van der Waals surface area contributed by atoms with Crippen molar-refractivity contribution in [3.63, 3.8) is 0 Å². The summed E-state index contributed by atoms with van der Waals surface area (Å²) in [7, 11) is 0. The SMILES string of the molecule is O=C1CCc2nccnc2O1. The van der Waals surface area contributed by atoms with Crippen LogP contribution < -0.4 is 4.74 Å². The molecule has 0 fully saturated rings. The van der Waals surface area contributed by atoms with E-state index >= 15 is 0 Å². The average Bonchev–Trinajstić information content (AvgIpc) is 2.04. The molecule has 1 aliphatic rings. The number of aryl methyl sites for hydroxylation is 1. The third-order valence-electron chi connectivity index (χ3n) is 1.51. The average molecular weight is 150 g/mol. The Kier molecular flexibility index (Phi) is 1.31. The van der Waals surface area contributed by atoms with E-state index in [1.54, 1.807) is 6.20 Å². The van der Waals surface area contributed by atoms with Crippen molar-refractivity contribution in [3.05, 3.63) is 18.1 Å². The third-order valence-corrected chi connectivity index (χ3v) is 1.51. The smallest absolute Gasteiger partial charge is 0.312 e. The molecule has 4 nitrogen and oxygen atoms in total. The number of esters is 1. The third kappa shape index (κ3) is 1.07. The number of nitrogens with zero attached hydrogens (tertiary/aromatic N) is 2. The molecule has 0 saturated heterocycles. The summed E-state index contributed by atoms with van der Waals surface area (Å²) in [5.41, 5.74) is 0.770. The fourth-order valence-corrected chi connectivity index (χ4v) is 0.990. The van der Waals surface area contributed by atoms with Gasteiger partial charge in [-0.2, -0.15) is 0 Å². The second-order valence-electron chi connectivity index (χ2n) is 2.28. The molecule has 0 unspecified atom stereocenters. The molecule has 1 aromatic heterocycles. The summed E-state index contributed by atoms with van der Waals surface area (Å²) < 4.78 is 4.82. The van der Waals surface area contributed by atoms with Gasteiger partial charge >= 0.3 is 5.97 Å². The van der Waals surface area contributed by atoms with Crippen LogP contribution in [0.25, 0.3) is 0 Å². The summed E-state index contributed by atoms with van der Waals surface area (Å²) >= 11 is 0. The number of carbonyl (C=O) groups is 1. The highest BCUT2D eigenvalue weighted by Crippen LogP contribution is 2.18. The number of ether oxygens (including phenoxy) is 1. The van der Waals surface area contributed by atoms with Gasteiger partial charge in [-0.15, -0.1) is 0 Å². The first kappa shape index (κ1) is 6.27. The predicted molar refractivity (Wildman–Crippen MR) is 36.0 cm³/mol. The van der Waals surface area contributed by atoms with E-state index in [1.165, 1.54) is 6.20 Å². The Morgan fingerprint density at radius 2 is 2.09 bits per heavy atom. The Labute approximate surface area is 63.2 Å². The standard InChI is InChI=1S/C7H6N2O2/c10-6-2-1-5-7(11-6)9-4-3-8-5/h3-4H,1-2H2. The van der Waals surface area contributed by atoms with Gasteiger partial charge in [0.1, 0.15) is 5.69 Å². The number of hydrogen-bond acceptors (Lipinski definition) is 4. The molecule has 0 atom stereocenters. The maximum atomic E-state index is 10.7. The van der Waals surface area contributed by atoms with Gasteiger partial charge in [0.05, 0.1) is 6.42 Å². The highest BCUT2D eigenvalue weighted by atomic mass is 16.5. The van der Waals surface area contributed by atoms with Crippen LogP contribution >= 0.6 is 0 Å². The van der Waals surface area contributed by atoms with Gasteiger partial charge in [0.25, 0.3) is 0 Å². The molecule has 0 saturated carbocycles. The predicted octanol–water partition coefficient (Wildman–Crippen LogP) is 0.328. The zero-order chi connectivity index (χ0) is 7.68. The van der Waals surface area contributed by atoms with Crippen molar-refractivity contribution in [1.29, 1.82) is 0 Å². The van der Waals surface area contributed by atoms with Crippen LogP contribution in [0.5, 0.6) is 5.88 Å². The Hall–Kier alpha value is -1.45. The molecular formula is C7H6N2O2. The van der Waals surface area contributed by atoms with Crippen LogP contribution in [0.3, 0.4) is 0 Å². The van der Waals surface area contributed by atoms with E-state index in [0.29, 0.717) is 18.7 Å². The lowest BCUT2D eigenvalue weighted by Gasteiger charge is -2.11. The van der Waals surface area contributed by atoms with Crippen LogP contribution in [0.4, 0.5) is 0 Å². The van der Waals surface area contributed by atoms with Crippen molar-refractivity contribution in [2.45, 2.75) is 12.8 Å². The zero-order valence-corrected chi connectivity index (χ0v) is 5.78. The highest BCUT2D eigenvalue weighted by Gasteiger charge is 2.18. The summed E-state index contributed by atoms with van der Waals surface area (Å²) in [6, 6.07) is 0. The number of hydrogen-bond donors (Lipinski definition) is 0. The van der Waals surface area contributed by atoms with Crippen LogP contribution in [0.1, 0.15) is 12.1 Å². The second-order valence-corrected chi connectivity index (χ2v) is 2.28. The molecule has 11 heavy (non-hydrogen) atoms. The van der Waals surface area contributed by atoms with Gasteiger partial charge in [-0.25, -0.2) is 4.98 Å². The lowest BCUT2D eigenvalue weighted by Crippen LogP contribution is -2.17. The van der Waals surface area contributed by atoms with Crippen LogP contribution in [0, 0.1) is 0 Å². The number of carbonyl (C=O) groups excluding carboxylic acids is 1. The summed E-state index contributed by atoms with van der Waals surface area (Å²) in [6.07, 6.45) is 4.16. The number of fused-ring (bicyclic) bond motifs is 1. The molecule has 0 aromatic carbocycles. The minimum atomic E-state index is -0.224. The van der Waals surface area contributed by atoms with Gasteiger partial charge < -0.3 is 4.74 Å². The quantitative estimate of drug-likeness (QED) is 0.500. The van der Waals surface area contributed by atoms with Crippen molar-refractivity contribution in [1.82, 2.24) is 9.97 Å². The Morgan fingerprint density at radius 3 is 3.00 bits per heavy atom. The zero-order valence-electron chi connectivity index (χ0n) is 5.78. The van der Waals surface area contributed by atoms with Gasteiger partial charge in [0, 0.05) is 18.8 Å². The van der Waals surface area contributed by atoms with Gasteiger partial charge in [-0.1, -0.05) is 0 Å². The van der Waals surface area contributed by atoms with E-state index < -0.39 is 0 Å². The van der Waals surface area contributed by atoms with Gasteiger partial charge in [0.2, 0.25) is 5.88 Å². The van der Waals surface area contributed by atoms with Crippen LogP contribution in [0.15, 0.2) is 12.4 Å². The molecule has 0 aliphatic carbocycles. The number of rotatable bonds is 0. The first-order chi connectivity index (χ1) is 5.36. The van der Waals surface area contributed by atoms with Crippen molar-refractivity contribution >= 4 is 5.97 Å². The van der Waals surface area contributed by atoms with Crippen molar-refractivity contribution in [2.24, 2.45) is 0 Å². The van der Waals surface area contributed by atoms with Gasteiger partial charge in [-0.3, -0.25) is 9.78 Å². The highest BCUT2D eigenvalue weighted by molar-refractivity contribution is 5.74. The minimum Gasteiger partial charge on any atom is -0.405 e. The topological polar surface area (TPSA) is 52.1 Å². The summed E-state index contributed by atoms with van der Waals surface area (Å²) in [5, 5.41) is 0. The summed E-state index contributed by atoms with van der Waals surface area (Å²) in [5.74, 6) is 0.141.